The summed E-state index contributed by atoms with van der Waals surface area (Å²) in [6.07, 6.45) is 0.814. The Morgan fingerprint density at radius 2 is 1.96 bits per heavy atom. The van der Waals surface area contributed by atoms with Crippen molar-refractivity contribution >= 4 is 23.5 Å². The van der Waals surface area contributed by atoms with Crippen LogP contribution in [-0.2, 0) is 11.3 Å². The summed E-state index contributed by atoms with van der Waals surface area (Å²) >= 11 is 5.62. The average molecular weight is 344 g/mol. The molecule has 23 heavy (non-hydrogen) atoms. The van der Waals surface area contributed by atoms with Gasteiger partial charge in [0.05, 0.1) is 5.02 Å². The summed E-state index contributed by atoms with van der Waals surface area (Å²) in [5.74, 6) is -0.766. The number of carbonyl (C=O) groups excluding carboxylic acids is 2. The minimum Gasteiger partial charge on any atom is -0.352 e. The van der Waals surface area contributed by atoms with E-state index in [4.69, 9.17) is 11.6 Å². The lowest BCUT2D eigenvalue weighted by Gasteiger charge is -2.22. The Hall–Kier alpha value is -1.82. The zero-order chi connectivity index (χ0) is 17.6. The van der Waals surface area contributed by atoms with Crippen molar-refractivity contribution in [1.29, 1.82) is 0 Å². The molecule has 2 N–H and O–H groups in total. The smallest absolute Gasteiger partial charge is 0.318 e. The molecule has 0 radical (unpaired) electrons. The van der Waals surface area contributed by atoms with E-state index in [1.54, 1.807) is 20.0 Å². The molecular weight excluding hydrogens is 321 g/mol. The van der Waals surface area contributed by atoms with E-state index in [-0.39, 0.29) is 23.5 Å². The maximum absolute atomic E-state index is 13.4. The number of benzene rings is 1. The van der Waals surface area contributed by atoms with E-state index >= 15 is 0 Å². The molecule has 1 rings (SSSR count). The first-order valence-corrected chi connectivity index (χ1v) is 7.88. The molecule has 3 amide bonds. The quantitative estimate of drug-likeness (QED) is 0.834. The standard InChI is InChI=1S/C16H23ClFN3O2/c1-5-10(2)19-15(22)11(3)20-16(23)21(4)9-12-6-7-13(17)14(18)8-12/h6-8,10-11H,5,9H2,1-4H3,(H,19,22)(H,20,23). The minimum absolute atomic E-state index is 0.0381. The first-order valence-electron chi connectivity index (χ1n) is 7.50. The van der Waals surface area contributed by atoms with Crippen LogP contribution in [-0.4, -0.2) is 36.0 Å². The molecule has 0 aliphatic rings. The molecule has 0 aliphatic heterocycles. The van der Waals surface area contributed by atoms with Crippen molar-refractivity contribution in [2.24, 2.45) is 0 Å². The number of amides is 3. The van der Waals surface area contributed by atoms with Crippen molar-refractivity contribution in [2.75, 3.05) is 7.05 Å². The van der Waals surface area contributed by atoms with Gasteiger partial charge in [-0.25, -0.2) is 9.18 Å². The Balaban J connectivity index is 2.56. The van der Waals surface area contributed by atoms with Crippen LogP contribution in [0.4, 0.5) is 9.18 Å². The number of carbonyl (C=O) groups is 2. The SMILES string of the molecule is CCC(C)NC(=O)C(C)NC(=O)N(C)Cc1ccc(Cl)c(F)c1. The second kappa shape index (κ2) is 8.72. The van der Waals surface area contributed by atoms with E-state index in [0.717, 1.165) is 6.42 Å². The van der Waals surface area contributed by atoms with E-state index < -0.39 is 17.9 Å². The van der Waals surface area contributed by atoms with Gasteiger partial charge in [0.1, 0.15) is 11.9 Å². The van der Waals surface area contributed by atoms with Crippen molar-refractivity contribution in [1.82, 2.24) is 15.5 Å². The lowest BCUT2D eigenvalue weighted by molar-refractivity contribution is -0.123. The van der Waals surface area contributed by atoms with Crippen molar-refractivity contribution in [3.8, 4) is 0 Å². The number of hydrogen-bond donors (Lipinski definition) is 2. The molecular formula is C16H23ClFN3O2. The van der Waals surface area contributed by atoms with Gasteiger partial charge < -0.3 is 15.5 Å². The third kappa shape index (κ3) is 6.06. The van der Waals surface area contributed by atoms with Gasteiger partial charge in [-0.3, -0.25) is 4.79 Å². The van der Waals surface area contributed by atoms with Crippen LogP contribution in [0.3, 0.4) is 0 Å². The molecule has 7 heteroatoms. The fraction of sp³-hybridized carbons (Fsp3) is 0.500. The van der Waals surface area contributed by atoms with Crippen LogP contribution in [0.2, 0.25) is 5.02 Å². The van der Waals surface area contributed by atoms with Crippen LogP contribution >= 0.6 is 11.6 Å². The first kappa shape index (κ1) is 19.2. The third-order valence-electron chi connectivity index (χ3n) is 3.48. The van der Waals surface area contributed by atoms with Crippen LogP contribution in [0.5, 0.6) is 0 Å². The largest absolute Gasteiger partial charge is 0.352 e. The number of nitrogens with one attached hydrogen (secondary N) is 2. The molecule has 0 saturated carbocycles. The van der Waals surface area contributed by atoms with Gasteiger partial charge in [-0.1, -0.05) is 24.6 Å². The molecule has 2 atom stereocenters. The summed E-state index contributed by atoms with van der Waals surface area (Å²) in [5, 5.41) is 5.45. The zero-order valence-corrected chi connectivity index (χ0v) is 14.6. The normalized spacial score (nSPS) is 13.1. The fourth-order valence-corrected chi connectivity index (χ4v) is 1.93. The monoisotopic (exact) mass is 343 g/mol. The van der Waals surface area contributed by atoms with E-state index in [0.29, 0.717) is 5.56 Å². The van der Waals surface area contributed by atoms with Crippen LogP contribution < -0.4 is 10.6 Å². The van der Waals surface area contributed by atoms with Gasteiger partial charge in [0, 0.05) is 19.6 Å². The highest BCUT2D eigenvalue weighted by Gasteiger charge is 2.19. The summed E-state index contributed by atoms with van der Waals surface area (Å²) in [4.78, 5) is 25.4. The molecule has 1 aromatic rings. The van der Waals surface area contributed by atoms with Gasteiger partial charge in [0.25, 0.3) is 0 Å². The molecule has 0 saturated heterocycles. The van der Waals surface area contributed by atoms with Gasteiger partial charge in [-0.15, -0.1) is 0 Å². The van der Waals surface area contributed by atoms with E-state index in [1.165, 1.54) is 17.0 Å². The van der Waals surface area contributed by atoms with Gasteiger partial charge >= 0.3 is 6.03 Å². The lowest BCUT2D eigenvalue weighted by atomic mass is 10.2. The molecule has 0 heterocycles. The topological polar surface area (TPSA) is 61.4 Å². The maximum Gasteiger partial charge on any atom is 0.318 e. The van der Waals surface area contributed by atoms with Crippen LogP contribution in [0.15, 0.2) is 18.2 Å². The molecule has 0 fully saturated rings. The molecule has 0 spiro atoms. The Bertz CT molecular complexity index is 568. The van der Waals surface area contributed by atoms with Crippen molar-refractivity contribution in [3.05, 3.63) is 34.6 Å². The molecule has 2 unspecified atom stereocenters. The number of nitrogens with zero attached hydrogens (tertiary/aromatic N) is 1. The van der Waals surface area contributed by atoms with Gasteiger partial charge in [0.2, 0.25) is 5.91 Å². The van der Waals surface area contributed by atoms with E-state index in [2.05, 4.69) is 10.6 Å². The molecule has 0 bridgehead atoms. The fourth-order valence-electron chi connectivity index (χ4n) is 1.81. The summed E-state index contributed by atoms with van der Waals surface area (Å²) in [6.45, 7) is 5.69. The van der Waals surface area contributed by atoms with Gasteiger partial charge in [-0.2, -0.15) is 0 Å². The van der Waals surface area contributed by atoms with Crippen molar-refractivity contribution in [2.45, 2.75) is 45.8 Å². The Morgan fingerprint density at radius 3 is 2.52 bits per heavy atom. The Morgan fingerprint density at radius 1 is 1.30 bits per heavy atom. The van der Waals surface area contributed by atoms with Crippen LogP contribution in [0.1, 0.15) is 32.8 Å². The maximum atomic E-state index is 13.4. The average Bonchev–Trinajstić information content (AvgIpc) is 2.50. The second-order valence-corrected chi connectivity index (χ2v) is 6.00. The van der Waals surface area contributed by atoms with Gasteiger partial charge in [0.15, 0.2) is 0 Å². The molecule has 0 aromatic heterocycles. The summed E-state index contributed by atoms with van der Waals surface area (Å²) in [5.41, 5.74) is 0.612. The number of halogens is 2. The summed E-state index contributed by atoms with van der Waals surface area (Å²) < 4.78 is 13.4. The summed E-state index contributed by atoms with van der Waals surface area (Å²) in [6, 6.07) is 3.37. The highest BCUT2D eigenvalue weighted by atomic mass is 35.5. The predicted molar refractivity (Wildman–Crippen MR) is 88.8 cm³/mol. The van der Waals surface area contributed by atoms with Crippen molar-refractivity contribution in [3.63, 3.8) is 0 Å². The van der Waals surface area contributed by atoms with Crippen molar-refractivity contribution < 1.29 is 14.0 Å². The van der Waals surface area contributed by atoms with Gasteiger partial charge in [-0.05, 0) is 38.0 Å². The molecule has 0 aliphatic carbocycles. The highest BCUT2D eigenvalue weighted by molar-refractivity contribution is 6.30. The highest BCUT2D eigenvalue weighted by Crippen LogP contribution is 2.16. The first-order chi connectivity index (χ1) is 10.7. The van der Waals surface area contributed by atoms with Crippen LogP contribution in [0, 0.1) is 5.82 Å². The molecule has 5 nitrogen and oxygen atoms in total. The Labute approximate surface area is 141 Å². The number of rotatable bonds is 6. The predicted octanol–water partition coefficient (Wildman–Crippen LogP) is 2.92. The third-order valence-corrected chi connectivity index (χ3v) is 3.79. The van der Waals surface area contributed by atoms with Crippen LogP contribution in [0.25, 0.3) is 0 Å². The zero-order valence-electron chi connectivity index (χ0n) is 13.8. The Kier molecular flexibility index (Phi) is 7.29. The molecule has 128 valence electrons. The minimum atomic E-state index is -0.652. The van der Waals surface area contributed by atoms with E-state index in [1.807, 2.05) is 13.8 Å². The second-order valence-electron chi connectivity index (χ2n) is 5.59. The van der Waals surface area contributed by atoms with E-state index in [9.17, 15) is 14.0 Å². The number of hydrogen-bond acceptors (Lipinski definition) is 2. The lowest BCUT2D eigenvalue weighted by Crippen LogP contribution is -2.50. The summed E-state index contributed by atoms with van der Waals surface area (Å²) in [7, 11) is 1.57. The molecule has 1 aromatic carbocycles. The number of urea groups is 1.